The van der Waals surface area contributed by atoms with Crippen molar-refractivity contribution in [1.82, 2.24) is 4.90 Å². The molecule has 0 saturated carbocycles. The van der Waals surface area contributed by atoms with Crippen LogP contribution in [-0.2, 0) is 0 Å². The molecule has 20 heavy (non-hydrogen) atoms. The van der Waals surface area contributed by atoms with Crippen molar-refractivity contribution in [3.63, 3.8) is 0 Å². The minimum atomic E-state index is -0.924. The molecule has 0 radical (unpaired) electrons. The molecule has 2 rings (SSSR count). The number of hydrogen-bond acceptors (Lipinski definition) is 3. The third kappa shape index (κ3) is 2.64. The van der Waals surface area contributed by atoms with Crippen LogP contribution in [0.15, 0.2) is 18.2 Å². The van der Waals surface area contributed by atoms with E-state index in [1.807, 2.05) is 6.92 Å². The highest BCUT2D eigenvalue weighted by atomic mass is 19.1. The molecule has 1 amide bonds. The first-order valence-electron chi connectivity index (χ1n) is 6.66. The molecule has 0 spiro atoms. The van der Waals surface area contributed by atoms with Crippen LogP contribution in [0.2, 0.25) is 0 Å². The Morgan fingerprint density at radius 2 is 2.15 bits per heavy atom. The number of amides is 1. The van der Waals surface area contributed by atoms with Crippen molar-refractivity contribution >= 4 is 11.6 Å². The number of carbonyl (C=O) groups is 1. The Balaban J connectivity index is 2.29. The predicted molar refractivity (Wildman–Crippen MR) is 72.0 cm³/mol. The molecule has 6 heteroatoms. The minimum absolute atomic E-state index is 0.0837. The van der Waals surface area contributed by atoms with E-state index in [-0.39, 0.29) is 17.5 Å². The van der Waals surface area contributed by atoms with Crippen molar-refractivity contribution in [2.24, 2.45) is 5.92 Å². The number of piperidine rings is 1. The van der Waals surface area contributed by atoms with Crippen LogP contribution < -0.4 is 0 Å². The van der Waals surface area contributed by atoms with Gasteiger partial charge in [0.05, 0.1) is 4.92 Å². The Hall–Kier alpha value is -1.98. The highest BCUT2D eigenvalue weighted by Gasteiger charge is 2.30. The molecule has 0 N–H and O–H groups in total. The molecule has 1 saturated heterocycles. The summed E-state index contributed by atoms with van der Waals surface area (Å²) in [6, 6.07) is 3.38. The van der Waals surface area contributed by atoms with E-state index >= 15 is 0 Å². The molecule has 2 atom stereocenters. The van der Waals surface area contributed by atoms with Crippen molar-refractivity contribution < 1.29 is 14.1 Å². The van der Waals surface area contributed by atoms with Crippen LogP contribution in [0.1, 0.15) is 37.0 Å². The van der Waals surface area contributed by atoms with E-state index in [2.05, 4.69) is 6.92 Å². The third-order valence-electron chi connectivity index (χ3n) is 4.02. The van der Waals surface area contributed by atoms with Crippen LogP contribution >= 0.6 is 0 Å². The van der Waals surface area contributed by atoms with Gasteiger partial charge < -0.3 is 4.90 Å². The highest BCUT2D eigenvalue weighted by molar-refractivity contribution is 5.95. The number of nitro groups is 1. The summed E-state index contributed by atoms with van der Waals surface area (Å²) in [5.74, 6) is -0.804. The maximum Gasteiger partial charge on any atom is 0.305 e. The SMILES string of the molecule is CC1CCCN(C(=O)c2ccc(F)c([N+](=O)[O-])c2)C1C. The first-order valence-corrected chi connectivity index (χ1v) is 6.66. The molecule has 5 nitrogen and oxygen atoms in total. The second kappa shape index (κ2) is 5.56. The lowest BCUT2D eigenvalue weighted by Gasteiger charge is -2.38. The lowest BCUT2D eigenvalue weighted by molar-refractivity contribution is -0.387. The lowest BCUT2D eigenvalue weighted by Crippen LogP contribution is -2.46. The summed E-state index contributed by atoms with van der Waals surface area (Å²) in [5.41, 5.74) is -0.493. The van der Waals surface area contributed by atoms with Crippen LogP contribution in [0.5, 0.6) is 0 Å². The zero-order valence-corrected chi connectivity index (χ0v) is 11.5. The fourth-order valence-electron chi connectivity index (χ4n) is 2.57. The molecule has 108 valence electrons. The Bertz CT molecular complexity index is 547. The topological polar surface area (TPSA) is 63.5 Å². The number of nitro benzene ring substituents is 1. The molecule has 1 aromatic rings. The van der Waals surface area contributed by atoms with E-state index in [0.29, 0.717) is 12.5 Å². The molecule has 1 aliphatic rings. The first kappa shape index (κ1) is 14.4. The van der Waals surface area contributed by atoms with E-state index < -0.39 is 16.4 Å². The number of rotatable bonds is 2. The number of nitrogens with zero attached hydrogens (tertiary/aromatic N) is 2. The third-order valence-corrected chi connectivity index (χ3v) is 4.02. The van der Waals surface area contributed by atoms with Crippen molar-refractivity contribution in [1.29, 1.82) is 0 Å². The van der Waals surface area contributed by atoms with Gasteiger partial charge in [-0.25, -0.2) is 0 Å². The fraction of sp³-hybridized carbons (Fsp3) is 0.500. The van der Waals surface area contributed by atoms with Crippen molar-refractivity contribution in [2.45, 2.75) is 32.7 Å². The Labute approximate surface area is 116 Å². The van der Waals surface area contributed by atoms with Crippen LogP contribution in [-0.4, -0.2) is 28.3 Å². The van der Waals surface area contributed by atoms with Gasteiger partial charge in [0.1, 0.15) is 0 Å². The number of carbonyl (C=O) groups excluding carboxylic acids is 1. The first-order chi connectivity index (χ1) is 9.41. The largest absolute Gasteiger partial charge is 0.336 e. The van der Waals surface area contributed by atoms with Crippen LogP contribution in [0.3, 0.4) is 0 Å². The Morgan fingerprint density at radius 3 is 2.80 bits per heavy atom. The molecule has 1 aromatic carbocycles. The average Bonchev–Trinajstić information content (AvgIpc) is 2.41. The van der Waals surface area contributed by atoms with Gasteiger partial charge >= 0.3 is 5.69 Å². The summed E-state index contributed by atoms with van der Waals surface area (Å²) in [6.45, 7) is 4.69. The smallest absolute Gasteiger partial charge is 0.305 e. The number of halogens is 1. The highest BCUT2D eigenvalue weighted by Crippen LogP contribution is 2.26. The van der Waals surface area contributed by atoms with Gasteiger partial charge in [0.15, 0.2) is 0 Å². The maximum absolute atomic E-state index is 13.3. The summed E-state index contributed by atoms with van der Waals surface area (Å²) in [4.78, 5) is 24.1. The van der Waals surface area contributed by atoms with Gasteiger partial charge in [-0.1, -0.05) is 6.92 Å². The average molecular weight is 280 g/mol. The number of benzene rings is 1. The molecule has 1 aliphatic heterocycles. The zero-order chi connectivity index (χ0) is 14.9. The zero-order valence-electron chi connectivity index (χ0n) is 11.5. The Kier molecular flexibility index (Phi) is 4.01. The lowest BCUT2D eigenvalue weighted by atomic mass is 9.91. The predicted octanol–water partition coefficient (Wildman–Crippen LogP) is 2.99. The molecule has 0 aromatic heterocycles. The van der Waals surface area contributed by atoms with Gasteiger partial charge in [-0.15, -0.1) is 0 Å². The molecule has 1 heterocycles. The summed E-state index contributed by atoms with van der Waals surface area (Å²) in [5, 5.41) is 10.7. The van der Waals surface area contributed by atoms with Crippen LogP contribution in [0, 0.1) is 21.8 Å². The van der Waals surface area contributed by atoms with Gasteiger partial charge in [-0.2, -0.15) is 4.39 Å². The Morgan fingerprint density at radius 1 is 1.45 bits per heavy atom. The van der Waals surface area contributed by atoms with Crippen molar-refractivity contribution in [3.05, 3.63) is 39.7 Å². The fourth-order valence-corrected chi connectivity index (χ4v) is 2.57. The monoisotopic (exact) mass is 280 g/mol. The summed E-state index contributed by atoms with van der Waals surface area (Å²) in [6.07, 6.45) is 1.98. The molecule has 0 bridgehead atoms. The molecule has 0 aliphatic carbocycles. The molecular formula is C14H17FN2O3. The molecule has 2 unspecified atom stereocenters. The van der Waals surface area contributed by atoms with Gasteiger partial charge in [0.2, 0.25) is 5.82 Å². The van der Waals surface area contributed by atoms with E-state index in [1.54, 1.807) is 4.90 Å². The second-order valence-corrected chi connectivity index (χ2v) is 5.28. The van der Waals surface area contributed by atoms with E-state index in [4.69, 9.17) is 0 Å². The number of hydrogen-bond donors (Lipinski definition) is 0. The standard InChI is InChI=1S/C14H17FN2O3/c1-9-4-3-7-16(10(9)2)14(18)11-5-6-12(15)13(8-11)17(19)20/h5-6,8-10H,3-4,7H2,1-2H3. The van der Waals surface area contributed by atoms with Crippen LogP contribution in [0.4, 0.5) is 10.1 Å². The normalized spacial score (nSPS) is 22.6. The second-order valence-electron chi connectivity index (χ2n) is 5.28. The van der Waals surface area contributed by atoms with Gasteiger partial charge in [0, 0.05) is 24.2 Å². The van der Waals surface area contributed by atoms with Crippen LogP contribution in [0.25, 0.3) is 0 Å². The van der Waals surface area contributed by atoms with E-state index in [9.17, 15) is 19.3 Å². The van der Waals surface area contributed by atoms with Gasteiger partial charge in [-0.05, 0) is 37.8 Å². The molecule has 1 fully saturated rings. The molecular weight excluding hydrogens is 263 g/mol. The minimum Gasteiger partial charge on any atom is -0.336 e. The quantitative estimate of drug-likeness (QED) is 0.618. The van der Waals surface area contributed by atoms with E-state index in [0.717, 1.165) is 25.0 Å². The van der Waals surface area contributed by atoms with Gasteiger partial charge in [-0.3, -0.25) is 14.9 Å². The number of likely N-dealkylation sites (tertiary alicyclic amines) is 1. The maximum atomic E-state index is 13.3. The van der Waals surface area contributed by atoms with Crippen molar-refractivity contribution in [3.8, 4) is 0 Å². The van der Waals surface area contributed by atoms with E-state index in [1.165, 1.54) is 6.07 Å². The summed E-state index contributed by atoms with van der Waals surface area (Å²) >= 11 is 0. The summed E-state index contributed by atoms with van der Waals surface area (Å²) in [7, 11) is 0. The van der Waals surface area contributed by atoms with Gasteiger partial charge in [0.25, 0.3) is 5.91 Å². The summed E-state index contributed by atoms with van der Waals surface area (Å²) < 4.78 is 13.3. The van der Waals surface area contributed by atoms with Crippen molar-refractivity contribution in [2.75, 3.05) is 6.54 Å².